The summed E-state index contributed by atoms with van der Waals surface area (Å²) >= 11 is 3.25. The molecule has 3 aromatic rings. The van der Waals surface area contributed by atoms with Crippen LogP contribution >= 0.6 is 15.9 Å². The van der Waals surface area contributed by atoms with Gasteiger partial charge in [0.25, 0.3) is 0 Å². The van der Waals surface area contributed by atoms with Gasteiger partial charge in [0.1, 0.15) is 11.6 Å². The van der Waals surface area contributed by atoms with E-state index in [0.717, 1.165) is 5.56 Å². The van der Waals surface area contributed by atoms with Crippen molar-refractivity contribution in [3.8, 4) is 11.3 Å². The quantitative estimate of drug-likeness (QED) is 0.629. The fourth-order valence-corrected chi connectivity index (χ4v) is 2.56. The van der Waals surface area contributed by atoms with E-state index >= 15 is 0 Å². The van der Waals surface area contributed by atoms with Crippen LogP contribution in [0.2, 0.25) is 0 Å². The van der Waals surface area contributed by atoms with E-state index in [1.54, 1.807) is 30.6 Å². The van der Waals surface area contributed by atoms with Gasteiger partial charge in [0.2, 0.25) is 5.95 Å². The van der Waals surface area contributed by atoms with E-state index < -0.39 is 0 Å². The van der Waals surface area contributed by atoms with Crippen molar-refractivity contribution in [2.24, 2.45) is 0 Å². The van der Waals surface area contributed by atoms with Crippen molar-refractivity contribution >= 4 is 33.4 Å². The number of hydrogen-bond donors (Lipinski definition) is 2. The second-order valence-corrected chi connectivity index (χ2v) is 6.67. The van der Waals surface area contributed by atoms with E-state index in [1.807, 2.05) is 26.0 Å². The molecule has 0 saturated heterocycles. The van der Waals surface area contributed by atoms with Gasteiger partial charge in [0.05, 0.1) is 11.4 Å². The van der Waals surface area contributed by atoms with Gasteiger partial charge in [-0.05, 0) is 44.2 Å². The molecule has 2 heterocycles. The number of halogens is 2. The van der Waals surface area contributed by atoms with Crippen LogP contribution in [0.25, 0.3) is 11.3 Å². The van der Waals surface area contributed by atoms with Gasteiger partial charge >= 0.3 is 0 Å². The lowest BCUT2D eigenvalue weighted by Gasteiger charge is -2.13. The van der Waals surface area contributed by atoms with Crippen LogP contribution in [0, 0.1) is 5.82 Å². The van der Waals surface area contributed by atoms with Crippen molar-refractivity contribution in [1.29, 1.82) is 0 Å². The summed E-state index contributed by atoms with van der Waals surface area (Å²) in [7, 11) is 0. The molecular formula is C18H17BrFN5. The lowest BCUT2D eigenvalue weighted by atomic mass is 10.2. The van der Waals surface area contributed by atoms with E-state index in [1.165, 1.54) is 6.07 Å². The van der Waals surface area contributed by atoms with Gasteiger partial charge in [-0.25, -0.2) is 9.37 Å². The molecule has 0 amide bonds. The summed E-state index contributed by atoms with van der Waals surface area (Å²) in [4.78, 5) is 13.1. The maximum absolute atomic E-state index is 14.1. The summed E-state index contributed by atoms with van der Waals surface area (Å²) in [5.41, 5.74) is 1.90. The molecule has 0 atom stereocenters. The Morgan fingerprint density at radius 1 is 1.12 bits per heavy atom. The Morgan fingerprint density at radius 3 is 2.64 bits per heavy atom. The highest BCUT2D eigenvalue weighted by atomic mass is 79.9. The molecule has 0 spiro atoms. The molecule has 0 bridgehead atoms. The van der Waals surface area contributed by atoms with Gasteiger partial charge < -0.3 is 10.6 Å². The van der Waals surface area contributed by atoms with Crippen molar-refractivity contribution in [3.05, 3.63) is 59.1 Å². The van der Waals surface area contributed by atoms with Crippen LogP contribution < -0.4 is 10.6 Å². The number of nitrogens with zero attached hydrogens (tertiary/aromatic N) is 3. The molecule has 5 nitrogen and oxygen atoms in total. The van der Waals surface area contributed by atoms with Gasteiger partial charge in [-0.2, -0.15) is 4.98 Å². The minimum Gasteiger partial charge on any atom is -0.352 e. The molecule has 0 radical (unpaired) electrons. The van der Waals surface area contributed by atoms with Crippen LogP contribution in [-0.4, -0.2) is 21.0 Å². The molecular weight excluding hydrogens is 385 g/mol. The third-order valence-corrected chi connectivity index (χ3v) is 3.79. The molecule has 128 valence electrons. The van der Waals surface area contributed by atoms with Gasteiger partial charge in [0.15, 0.2) is 0 Å². The highest BCUT2D eigenvalue weighted by molar-refractivity contribution is 9.10. The third-order valence-electron chi connectivity index (χ3n) is 3.30. The van der Waals surface area contributed by atoms with Crippen LogP contribution in [0.3, 0.4) is 0 Å². The van der Waals surface area contributed by atoms with E-state index in [9.17, 15) is 4.39 Å². The Morgan fingerprint density at radius 2 is 1.96 bits per heavy atom. The summed E-state index contributed by atoms with van der Waals surface area (Å²) in [6.07, 6.45) is 3.43. The fraction of sp³-hybridized carbons (Fsp3) is 0.167. The first-order chi connectivity index (χ1) is 12.0. The molecule has 2 N–H and O–H groups in total. The molecule has 25 heavy (non-hydrogen) atoms. The lowest BCUT2D eigenvalue weighted by Crippen LogP contribution is -2.13. The zero-order valence-corrected chi connectivity index (χ0v) is 15.4. The van der Waals surface area contributed by atoms with Crippen molar-refractivity contribution in [2.75, 3.05) is 10.6 Å². The molecule has 0 unspecified atom stereocenters. The average molecular weight is 402 g/mol. The number of aromatic nitrogens is 3. The molecule has 2 aromatic heterocycles. The Bertz CT molecular complexity index is 871. The van der Waals surface area contributed by atoms with Crippen LogP contribution in [0.4, 0.5) is 21.8 Å². The average Bonchev–Trinajstić information content (AvgIpc) is 2.57. The van der Waals surface area contributed by atoms with Crippen molar-refractivity contribution < 1.29 is 4.39 Å². The maximum atomic E-state index is 14.1. The second-order valence-electron chi connectivity index (χ2n) is 5.75. The predicted molar refractivity (Wildman–Crippen MR) is 101 cm³/mol. The summed E-state index contributed by atoms with van der Waals surface area (Å²) in [5.74, 6) is 0.601. The van der Waals surface area contributed by atoms with Crippen molar-refractivity contribution in [2.45, 2.75) is 19.9 Å². The highest BCUT2D eigenvalue weighted by Crippen LogP contribution is 2.26. The minimum atomic E-state index is -0.366. The number of rotatable bonds is 5. The molecule has 0 aliphatic heterocycles. The number of hydrogen-bond acceptors (Lipinski definition) is 5. The van der Waals surface area contributed by atoms with Crippen LogP contribution in [0.15, 0.2) is 53.3 Å². The lowest BCUT2D eigenvalue weighted by molar-refractivity contribution is 0.631. The fourth-order valence-electron chi connectivity index (χ4n) is 2.23. The predicted octanol–water partition coefficient (Wildman–Crippen LogP) is 5.00. The van der Waals surface area contributed by atoms with Crippen molar-refractivity contribution in [1.82, 2.24) is 15.0 Å². The first-order valence-corrected chi connectivity index (χ1v) is 8.58. The first kappa shape index (κ1) is 17.3. The van der Waals surface area contributed by atoms with E-state index in [0.29, 0.717) is 27.6 Å². The topological polar surface area (TPSA) is 62.7 Å². The smallest absolute Gasteiger partial charge is 0.225 e. The van der Waals surface area contributed by atoms with Crippen LogP contribution in [0.5, 0.6) is 0 Å². The van der Waals surface area contributed by atoms with Gasteiger partial charge in [0, 0.05) is 34.5 Å². The molecule has 0 aliphatic rings. The number of benzene rings is 1. The Labute approximate surface area is 153 Å². The van der Waals surface area contributed by atoms with Crippen LogP contribution in [0.1, 0.15) is 13.8 Å². The van der Waals surface area contributed by atoms with E-state index in [2.05, 4.69) is 41.5 Å². The molecule has 3 rings (SSSR count). The molecule has 0 saturated carbocycles. The van der Waals surface area contributed by atoms with Gasteiger partial charge in [-0.3, -0.25) is 4.98 Å². The second kappa shape index (κ2) is 7.57. The molecule has 7 heteroatoms. The molecule has 1 aromatic carbocycles. The summed E-state index contributed by atoms with van der Waals surface area (Å²) in [5, 5.41) is 6.20. The third kappa shape index (κ3) is 4.51. The van der Waals surface area contributed by atoms with E-state index in [4.69, 9.17) is 0 Å². The van der Waals surface area contributed by atoms with Crippen LogP contribution in [-0.2, 0) is 0 Å². The number of nitrogens with one attached hydrogen (secondary N) is 2. The molecule has 0 aliphatic carbocycles. The summed E-state index contributed by atoms with van der Waals surface area (Å²) < 4.78 is 14.8. The summed E-state index contributed by atoms with van der Waals surface area (Å²) in [6.45, 7) is 4.00. The zero-order valence-electron chi connectivity index (χ0n) is 13.8. The first-order valence-electron chi connectivity index (χ1n) is 7.79. The molecule has 0 fully saturated rings. The standard InChI is InChI=1S/C18H17BrFN5/c1-11(2)22-18-24-16(12-4-3-7-21-10-12)9-17(25-18)23-15-6-5-13(19)8-14(15)20/h3-11H,1-2H3,(H2,22,23,24,25). The number of pyridine rings is 1. The Kier molecular flexibility index (Phi) is 5.23. The van der Waals surface area contributed by atoms with E-state index in [-0.39, 0.29) is 11.9 Å². The van der Waals surface area contributed by atoms with Gasteiger partial charge in [-0.15, -0.1) is 0 Å². The highest BCUT2D eigenvalue weighted by Gasteiger charge is 2.10. The Balaban J connectivity index is 2.00. The minimum absolute atomic E-state index is 0.168. The monoisotopic (exact) mass is 401 g/mol. The normalized spacial score (nSPS) is 10.8. The van der Waals surface area contributed by atoms with Gasteiger partial charge in [-0.1, -0.05) is 15.9 Å². The zero-order chi connectivity index (χ0) is 17.8. The largest absolute Gasteiger partial charge is 0.352 e. The maximum Gasteiger partial charge on any atom is 0.225 e. The number of anilines is 3. The Hall–Kier alpha value is -2.54. The SMILES string of the molecule is CC(C)Nc1nc(Nc2ccc(Br)cc2F)cc(-c2cccnc2)n1. The van der Waals surface area contributed by atoms with Crippen molar-refractivity contribution in [3.63, 3.8) is 0 Å². The summed E-state index contributed by atoms with van der Waals surface area (Å²) in [6, 6.07) is 10.5.